The van der Waals surface area contributed by atoms with Crippen molar-refractivity contribution in [1.29, 1.82) is 0 Å². The predicted octanol–water partition coefficient (Wildman–Crippen LogP) is 19.0. The molecule has 0 aromatic rings. The summed E-state index contributed by atoms with van der Waals surface area (Å²) in [5.41, 5.74) is 0. The molecule has 0 bridgehead atoms. The van der Waals surface area contributed by atoms with Gasteiger partial charge in [-0.3, -0.25) is 14.4 Å². The monoisotopic (exact) mass is 925 g/mol. The topological polar surface area (TPSA) is 78.9 Å². The summed E-state index contributed by atoms with van der Waals surface area (Å²) >= 11 is 0. The lowest BCUT2D eigenvalue weighted by atomic mass is 10.0. The molecule has 66 heavy (non-hydrogen) atoms. The van der Waals surface area contributed by atoms with Gasteiger partial charge in [0, 0.05) is 19.3 Å². The summed E-state index contributed by atoms with van der Waals surface area (Å²) < 4.78 is 16.8. The lowest BCUT2D eigenvalue weighted by molar-refractivity contribution is -0.167. The summed E-state index contributed by atoms with van der Waals surface area (Å²) in [5, 5.41) is 0. The Labute approximate surface area is 409 Å². The molecule has 0 saturated heterocycles. The fraction of sp³-hybridized carbons (Fsp3) is 0.817. The van der Waals surface area contributed by atoms with E-state index < -0.39 is 6.10 Å². The third kappa shape index (κ3) is 52.3. The molecule has 0 aliphatic heterocycles. The van der Waals surface area contributed by atoms with Gasteiger partial charge in [-0.15, -0.1) is 0 Å². The minimum atomic E-state index is -0.791. The zero-order valence-corrected chi connectivity index (χ0v) is 44.0. The second kappa shape index (κ2) is 55.0. The molecule has 0 aromatic carbocycles. The Morgan fingerprint density at radius 2 is 0.591 bits per heavy atom. The van der Waals surface area contributed by atoms with Crippen LogP contribution in [0.4, 0.5) is 0 Å². The van der Waals surface area contributed by atoms with Crippen molar-refractivity contribution in [2.24, 2.45) is 0 Å². The molecule has 6 heteroatoms. The molecular weight excluding hydrogens is 817 g/mol. The summed E-state index contributed by atoms with van der Waals surface area (Å²) in [6.45, 7) is 6.53. The first-order chi connectivity index (χ1) is 32.5. The van der Waals surface area contributed by atoms with Crippen molar-refractivity contribution < 1.29 is 28.6 Å². The number of carbonyl (C=O) groups is 3. The summed E-state index contributed by atoms with van der Waals surface area (Å²) in [4.78, 5) is 38.1. The first kappa shape index (κ1) is 63.4. The molecular formula is C60H108O6. The van der Waals surface area contributed by atoms with Gasteiger partial charge in [-0.2, -0.15) is 0 Å². The van der Waals surface area contributed by atoms with Gasteiger partial charge in [0.25, 0.3) is 0 Å². The highest BCUT2D eigenvalue weighted by molar-refractivity contribution is 5.71. The van der Waals surface area contributed by atoms with Crippen molar-refractivity contribution in [1.82, 2.24) is 0 Å². The smallest absolute Gasteiger partial charge is 0.306 e. The van der Waals surface area contributed by atoms with Crippen molar-refractivity contribution in [3.63, 3.8) is 0 Å². The number of unbranched alkanes of at least 4 members (excludes halogenated alkanes) is 33. The van der Waals surface area contributed by atoms with Crippen LogP contribution in [0.1, 0.15) is 297 Å². The fourth-order valence-electron chi connectivity index (χ4n) is 8.32. The molecule has 0 aliphatic carbocycles. The average Bonchev–Trinajstić information content (AvgIpc) is 3.31. The molecule has 0 N–H and O–H groups in total. The van der Waals surface area contributed by atoms with Crippen LogP contribution in [0.2, 0.25) is 0 Å². The van der Waals surface area contributed by atoms with E-state index in [1.54, 1.807) is 0 Å². The van der Waals surface area contributed by atoms with Crippen molar-refractivity contribution in [2.45, 2.75) is 303 Å². The van der Waals surface area contributed by atoms with E-state index in [1.165, 1.54) is 173 Å². The number of allylic oxidation sites excluding steroid dienone is 8. The number of hydrogen-bond donors (Lipinski definition) is 0. The zero-order valence-electron chi connectivity index (χ0n) is 44.0. The zero-order chi connectivity index (χ0) is 47.9. The van der Waals surface area contributed by atoms with Gasteiger partial charge in [0.05, 0.1) is 0 Å². The van der Waals surface area contributed by atoms with Crippen LogP contribution < -0.4 is 0 Å². The molecule has 1 unspecified atom stereocenters. The molecule has 0 fully saturated rings. The van der Waals surface area contributed by atoms with E-state index in [1.807, 2.05) is 0 Å². The van der Waals surface area contributed by atoms with Crippen LogP contribution in [0.5, 0.6) is 0 Å². The summed E-state index contributed by atoms with van der Waals surface area (Å²) in [5.74, 6) is -0.911. The summed E-state index contributed by atoms with van der Waals surface area (Å²) in [6.07, 6.45) is 66.8. The lowest BCUT2D eigenvalue weighted by Crippen LogP contribution is -2.30. The normalized spacial score (nSPS) is 12.3. The first-order valence-corrected chi connectivity index (χ1v) is 28.6. The molecule has 0 aliphatic rings. The SMILES string of the molecule is CC/C=C\C/C=C\C/C=C\C/C=C\CCCCC(=O)OC(COC(=O)CCCCCCCCCCCCCCCC)COC(=O)CCCCCCCCCCCCCCCCCCCCC. The summed E-state index contributed by atoms with van der Waals surface area (Å²) in [7, 11) is 0. The maximum Gasteiger partial charge on any atom is 0.306 e. The molecule has 1 atom stereocenters. The minimum absolute atomic E-state index is 0.0855. The van der Waals surface area contributed by atoms with E-state index in [9.17, 15) is 14.4 Å². The van der Waals surface area contributed by atoms with E-state index in [-0.39, 0.29) is 37.5 Å². The summed E-state index contributed by atoms with van der Waals surface area (Å²) in [6, 6.07) is 0. The van der Waals surface area contributed by atoms with Crippen LogP contribution in [0.25, 0.3) is 0 Å². The average molecular weight is 926 g/mol. The van der Waals surface area contributed by atoms with Gasteiger partial charge in [-0.25, -0.2) is 0 Å². The van der Waals surface area contributed by atoms with Gasteiger partial charge in [-0.1, -0.05) is 268 Å². The molecule has 384 valence electrons. The first-order valence-electron chi connectivity index (χ1n) is 28.6. The predicted molar refractivity (Wildman–Crippen MR) is 284 cm³/mol. The van der Waals surface area contributed by atoms with Gasteiger partial charge in [0.1, 0.15) is 13.2 Å². The molecule has 0 amide bonds. The third-order valence-electron chi connectivity index (χ3n) is 12.6. The second-order valence-corrected chi connectivity index (χ2v) is 19.2. The Balaban J connectivity index is 4.36. The van der Waals surface area contributed by atoms with E-state index >= 15 is 0 Å². The molecule has 0 aromatic heterocycles. The lowest BCUT2D eigenvalue weighted by Gasteiger charge is -2.18. The van der Waals surface area contributed by atoms with Crippen LogP contribution in [-0.2, 0) is 28.6 Å². The van der Waals surface area contributed by atoms with Gasteiger partial charge in [0.15, 0.2) is 6.10 Å². The molecule has 0 radical (unpaired) electrons. The number of ether oxygens (including phenoxy) is 3. The van der Waals surface area contributed by atoms with Gasteiger partial charge < -0.3 is 14.2 Å². The Kier molecular flexibility index (Phi) is 52.8. The van der Waals surface area contributed by atoms with E-state index in [0.29, 0.717) is 19.3 Å². The largest absolute Gasteiger partial charge is 0.462 e. The van der Waals surface area contributed by atoms with Crippen LogP contribution in [0.15, 0.2) is 48.6 Å². The Morgan fingerprint density at radius 3 is 0.924 bits per heavy atom. The van der Waals surface area contributed by atoms with Crippen LogP contribution in [0, 0.1) is 0 Å². The quantitative estimate of drug-likeness (QED) is 0.0262. The molecule has 6 nitrogen and oxygen atoms in total. The molecule has 0 spiro atoms. The highest BCUT2D eigenvalue weighted by atomic mass is 16.6. The van der Waals surface area contributed by atoms with Crippen LogP contribution in [0.3, 0.4) is 0 Å². The van der Waals surface area contributed by atoms with Crippen LogP contribution in [-0.4, -0.2) is 37.2 Å². The van der Waals surface area contributed by atoms with Crippen molar-refractivity contribution >= 4 is 17.9 Å². The number of carbonyl (C=O) groups excluding carboxylic acids is 3. The van der Waals surface area contributed by atoms with Crippen LogP contribution >= 0.6 is 0 Å². The van der Waals surface area contributed by atoms with Gasteiger partial charge in [-0.05, 0) is 57.8 Å². The van der Waals surface area contributed by atoms with E-state index in [2.05, 4.69) is 69.4 Å². The van der Waals surface area contributed by atoms with Crippen molar-refractivity contribution in [3.05, 3.63) is 48.6 Å². The minimum Gasteiger partial charge on any atom is -0.462 e. The molecule has 0 rings (SSSR count). The highest BCUT2D eigenvalue weighted by Gasteiger charge is 2.19. The Morgan fingerprint density at radius 1 is 0.318 bits per heavy atom. The van der Waals surface area contributed by atoms with Crippen molar-refractivity contribution in [3.8, 4) is 0 Å². The fourth-order valence-corrected chi connectivity index (χ4v) is 8.32. The van der Waals surface area contributed by atoms with E-state index in [0.717, 1.165) is 77.0 Å². The number of esters is 3. The highest BCUT2D eigenvalue weighted by Crippen LogP contribution is 2.17. The Bertz CT molecular complexity index is 1150. The second-order valence-electron chi connectivity index (χ2n) is 19.2. The molecule has 0 heterocycles. The maximum absolute atomic E-state index is 12.8. The van der Waals surface area contributed by atoms with Gasteiger partial charge >= 0.3 is 17.9 Å². The molecule has 0 saturated carbocycles. The van der Waals surface area contributed by atoms with Crippen molar-refractivity contribution in [2.75, 3.05) is 13.2 Å². The number of rotatable bonds is 52. The Hall–Kier alpha value is -2.63. The van der Waals surface area contributed by atoms with E-state index in [4.69, 9.17) is 14.2 Å². The number of hydrogen-bond acceptors (Lipinski definition) is 6. The standard InChI is InChI=1S/C60H108O6/c1-4-7-10-13-16-19-22-25-28-29-30-31-33-35-38-41-44-47-50-53-59(62)65-56-57(55-64-58(61)52-49-46-43-40-37-34-27-24-21-18-15-12-9-6-3)66-60(63)54-51-48-45-42-39-36-32-26-23-20-17-14-11-8-5-2/h8,11,17,20,26,32,39,42,57H,4-7,9-10,12-16,18-19,21-25,27-31,33-38,40-41,43-56H2,1-3H3/b11-8-,20-17-,32-26-,42-39-. The third-order valence-corrected chi connectivity index (χ3v) is 12.6. The maximum atomic E-state index is 12.8. The van der Waals surface area contributed by atoms with Gasteiger partial charge in [0.2, 0.25) is 0 Å².